The molecule has 0 unspecified atom stereocenters. The third kappa shape index (κ3) is 4.42. The lowest BCUT2D eigenvalue weighted by atomic mass is 10.2. The van der Waals surface area contributed by atoms with E-state index in [0.29, 0.717) is 11.4 Å². The predicted molar refractivity (Wildman–Crippen MR) is 93.9 cm³/mol. The number of esters is 1. The number of amides is 2. The molecule has 0 atom stereocenters. The Morgan fingerprint density at radius 2 is 1.58 bits per heavy atom. The highest BCUT2D eigenvalue weighted by molar-refractivity contribution is 9.10. The molecule has 2 aromatic carbocycles. The molecule has 0 saturated heterocycles. The fourth-order valence-electron chi connectivity index (χ4n) is 1.89. The number of hydrogen-bond acceptors (Lipinski definition) is 4. The number of ether oxygens (including phenoxy) is 1. The summed E-state index contributed by atoms with van der Waals surface area (Å²) in [5, 5.41) is 4.94. The molecule has 124 valence electrons. The lowest BCUT2D eigenvalue weighted by Crippen LogP contribution is -2.29. The third-order valence-corrected chi connectivity index (χ3v) is 4.03. The first-order valence-electron chi connectivity index (χ1n) is 6.97. The zero-order valence-electron chi connectivity index (χ0n) is 13.1. The zero-order valence-corrected chi connectivity index (χ0v) is 14.6. The second-order valence-electron chi connectivity index (χ2n) is 4.94. The van der Waals surface area contributed by atoms with Gasteiger partial charge in [-0.25, -0.2) is 4.79 Å². The molecular weight excluding hydrogens is 376 g/mol. The average molecular weight is 391 g/mol. The quantitative estimate of drug-likeness (QED) is 0.622. The van der Waals surface area contributed by atoms with E-state index in [2.05, 4.69) is 31.3 Å². The number of hydrogen-bond donors (Lipinski definition) is 2. The molecule has 2 N–H and O–H groups in total. The van der Waals surface area contributed by atoms with Gasteiger partial charge < -0.3 is 15.4 Å². The van der Waals surface area contributed by atoms with Crippen molar-refractivity contribution >= 4 is 45.1 Å². The molecule has 24 heavy (non-hydrogen) atoms. The first-order chi connectivity index (χ1) is 11.4. The number of rotatable bonds is 3. The summed E-state index contributed by atoms with van der Waals surface area (Å²) in [6.07, 6.45) is 0. The second-order valence-corrected chi connectivity index (χ2v) is 5.80. The van der Waals surface area contributed by atoms with Gasteiger partial charge >= 0.3 is 17.8 Å². The number of benzene rings is 2. The number of nitrogens with one attached hydrogen (secondary N) is 2. The molecule has 7 heteroatoms. The summed E-state index contributed by atoms with van der Waals surface area (Å²) in [4.78, 5) is 35.4. The molecule has 0 aromatic heterocycles. The molecule has 0 aliphatic rings. The average Bonchev–Trinajstić information content (AvgIpc) is 2.57. The van der Waals surface area contributed by atoms with E-state index < -0.39 is 17.8 Å². The molecule has 0 aliphatic carbocycles. The van der Waals surface area contributed by atoms with Gasteiger partial charge in [-0.05, 0) is 42.8 Å². The van der Waals surface area contributed by atoms with Crippen LogP contribution in [0, 0.1) is 6.92 Å². The maximum Gasteiger partial charge on any atom is 0.337 e. The largest absolute Gasteiger partial charge is 0.465 e. The van der Waals surface area contributed by atoms with Crippen molar-refractivity contribution in [1.29, 1.82) is 0 Å². The number of halogens is 1. The molecule has 0 heterocycles. The van der Waals surface area contributed by atoms with Crippen LogP contribution in [-0.2, 0) is 14.3 Å². The second kappa shape index (κ2) is 7.74. The van der Waals surface area contributed by atoms with Crippen molar-refractivity contribution in [1.82, 2.24) is 0 Å². The SMILES string of the molecule is COC(=O)c1cccc(NC(=O)C(=O)Nc2ccc(C)c(Br)c2)c1. The van der Waals surface area contributed by atoms with Crippen LogP contribution < -0.4 is 10.6 Å². The molecule has 0 bridgehead atoms. The number of methoxy groups -OCH3 is 1. The summed E-state index contributed by atoms with van der Waals surface area (Å²) in [5.41, 5.74) is 2.11. The van der Waals surface area contributed by atoms with Crippen molar-refractivity contribution in [3.63, 3.8) is 0 Å². The van der Waals surface area contributed by atoms with Crippen LogP contribution >= 0.6 is 15.9 Å². The van der Waals surface area contributed by atoms with Crippen LogP contribution in [0.4, 0.5) is 11.4 Å². The Morgan fingerprint density at radius 1 is 0.958 bits per heavy atom. The van der Waals surface area contributed by atoms with Gasteiger partial charge in [-0.15, -0.1) is 0 Å². The molecule has 0 aliphatic heterocycles. The minimum absolute atomic E-state index is 0.276. The topological polar surface area (TPSA) is 84.5 Å². The van der Waals surface area contributed by atoms with E-state index in [9.17, 15) is 14.4 Å². The lowest BCUT2D eigenvalue weighted by molar-refractivity contribution is -0.132. The maximum atomic E-state index is 12.0. The maximum absolute atomic E-state index is 12.0. The predicted octanol–water partition coefficient (Wildman–Crippen LogP) is 3.12. The Hall–Kier alpha value is -2.67. The highest BCUT2D eigenvalue weighted by Gasteiger charge is 2.15. The summed E-state index contributed by atoms with van der Waals surface area (Å²) in [6, 6.07) is 11.3. The van der Waals surface area contributed by atoms with Crippen LogP contribution in [0.3, 0.4) is 0 Å². The Bertz CT molecular complexity index is 805. The van der Waals surface area contributed by atoms with Crippen molar-refractivity contribution in [2.75, 3.05) is 17.7 Å². The zero-order chi connectivity index (χ0) is 17.7. The Balaban J connectivity index is 2.05. The normalized spacial score (nSPS) is 9.96. The van der Waals surface area contributed by atoms with Crippen LogP contribution in [0.15, 0.2) is 46.9 Å². The highest BCUT2D eigenvalue weighted by Crippen LogP contribution is 2.20. The van der Waals surface area contributed by atoms with Crippen molar-refractivity contribution in [2.45, 2.75) is 6.92 Å². The molecule has 0 radical (unpaired) electrons. The monoisotopic (exact) mass is 390 g/mol. The Morgan fingerprint density at radius 3 is 2.17 bits per heavy atom. The Kier molecular flexibility index (Phi) is 5.70. The molecule has 0 spiro atoms. The minimum Gasteiger partial charge on any atom is -0.465 e. The van der Waals surface area contributed by atoms with Crippen LogP contribution in [0.2, 0.25) is 0 Å². The van der Waals surface area contributed by atoms with Gasteiger partial charge in [0.15, 0.2) is 0 Å². The van der Waals surface area contributed by atoms with Gasteiger partial charge in [0, 0.05) is 15.8 Å². The third-order valence-electron chi connectivity index (χ3n) is 3.18. The first-order valence-corrected chi connectivity index (χ1v) is 7.77. The molecule has 0 fully saturated rings. The Labute approximate surface area is 147 Å². The van der Waals surface area contributed by atoms with Crippen LogP contribution in [0.25, 0.3) is 0 Å². The van der Waals surface area contributed by atoms with E-state index in [1.807, 2.05) is 13.0 Å². The number of carbonyl (C=O) groups is 3. The highest BCUT2D eigenvalue weighted by atomic mass is 79.9. The van der Waals surface area contributed by atoms with Gasteiger partial charge in [0.05, 0.1) is 12.7 Å². The van der Waals surface area contributed by atoms with Gasteiger partial charge in [-0.2, -0.15) is 0 Å². The fourth-order valence-corrected chi connectivity index (χ4v) is 2.27. The first kappa shape index (κ1) is 17.7. The number of carbonyl (C=O) groups excluding carboxylic acids is 3. The van der Waals surface area contributed by atoms with E-state index >= 15 is 0 Å². The summed E-state index contributed by atoms with van der Waals surface area (Å²) in [6.45, 7) is 1.91. The lowest BCUT2D eigenvalue weighted by Gasteiger charge is -2.08. The van der Waals surface area contributed by atoms with Crippen molar-refractivity contribution < 1.29 is 19.1 Å². The molecular formula is C17H15BrN2O4. The molecule has 2 aromatic rings. The number of anilines is 2. The summed E-state index contributed by atoms with van der Waals surface area (Å²) in [7, 11) is 1.26. The van der Waals surface area contributed by atoms with Crippen molar-refractivity contribution in [2.24, 2.45) is 0 Å². The van der Waals surface area contributed by atoms with Gasteiger partial charge in [-0.3, -0.25) is 9.59 Å². The molecule has 2 rings (SSSR count). The van der Waals surface area contributed by atoms with E-state index in [1.54, 1.807) is 30.3 Å². The summed E-state index contributed by atoms with van der Waals surface area (Å²) < 4.78 is 5.43. The molecule has 2 amide bonds. The summed E-state index contributed by atoms with van der Waals surface area (Å²) in [5.74, 6) is -2.18. The standard InChI is InChI=1S/C17H15BrN2O4/c1-10-6-7-13(9-14(10)18)20-16(22)15(21)19-12-5-3-4-11(8-12)17(23)24-2/h3-9H,1-2H3,(H,19,21)(H,20,22). The number of aryl methyl sites for hydroxylation is 1. The van der Waals surface area contributed by atoms with Gasteiger partial charge in [0.25, 0.3) is 0 Å². The fraction of sp³-hybridized carbons (Fsp3) is 0.118. The van der Waals surface area contributed by atoms with Gasteiger partial charge in [-0.1, -0.05) is 28.1 Å². The minimum atomic E-state index is -0.839. The van der Waals surface area contributed by atoms with Crippen molar-refractivity contribution in [3.05, 3.63) is 58.1 Å². The van der Waals surface area contributed by atoms with Gasteiger partial charge in [0.1, 0.15) is 0 Å². The van der Waals surface area contributed by atoms with E-state index in [0.717, 1.165) is 10.0 Å². The molecule has 6 nitrogen and oxygen atoms in total. The summed E-state index contributed by atoms with van der Waals surface area (Å²) >= 11 is 3.36. The van der Waals surface area contributed by atoms with Crippen LogP contribution in [-0.4, -0.2) is 24.9 Å². The van der Waals surface area contributed by atoms with Gasteiger partial charge in [0.2, 0.25) is 0 Å². The molecule has 0 saturated carbocycles. The van der Waals surface area contributed by atoms with Crippen LogP contribution in [0.5, 0.6) is 0 Å². The van der Waals surface area contributed by atoms with Crippen LogP contribution in [0.1, 0.15) is 15.9 Å². The smallest absolute Gasteiger partial charge is 0.337 e. The van der Waals surface area contributed by atoms with E-state index in [1.165, 1.54) is 13.2 Å². The van der Waals surface area contributed by atoms with Crippen molar-refractivity contribution in [3.8, 4) is 0 Å². The van der Waals surface area contributed by atoms with E-state index in [-0.39, 0.29) is 5.56 Å². The van der Waals surface area contributed by atoms with E-state index in [4.69, 9.17) is 0 Å².